The molecule has 8 N–H and O–H groups in total. The highest BCUT2D eigenvalue weighted by Crippen LogP contribution is 2.58. The van der Waals surface area contributed by atoms with E-state index in [2.05, 4.69) is 23.8 Å². The van der Waals surface area contributed by atoms with Crippen LogP contribution in [0.3, 0.4) is 0 Å². The van der Waals surface area contributed by atoms with E-state index in [1.807, 2.05) is 0 Å². The SMILES string of the molecule is N=P(O)(O)OP(=O)(O)OC[C@H]1O[C@@H](n2cnc3c(N)ncnc32)[C@H](O)[C@@H]1O. The molecule has 0 saturated carbocycles. The summed E-state index contributed by atoms with van der Waals surface area (Å²) >= 11 is 0. The van der Waals surface area contributed by atoms with E-state index >= 15 is 0 Å². The van der Waals surface area contributed by atoms with Crippen LogP contribution in [0.25, 0.3) is 11.2 Å². The van der Waals surface area contributed by atoms with E-state index in [-0.39, 0.29) is 17.0 Å². The molecule has 0 aromatic carbocycles. The summed E-state index contributed by atoms with van der Waals surface area (Å²) in [5.41, 5.74) is 6.15. The van der Waals surface area contributed by atoms with Crippen LogP contribution in [-0.2, 0) is 18.1 Å². The van der Waals surface area contributed by atoms with Gasteiger partial charge in [0.15, 0.2) is 17.7 Å². The number of anilines is 1. The minimum absolute atomic E-state index is 0.0975. The fourth-order valence-electron chi connectivity index (χ4n) is 2.49. The van der Waals surface area contributed by atoms with Crippen molar-refractivity contribution in [2.24, 2.45) is 0 Å². The molecule has 0 aliphatic carbocycles. The van der Waals surface area contributed by atoms with Gasteiger partial charge in [0.1, 0.15) is 30.2 Å². The molecule has 27 heavy (non-hydrogen) atoms. The van der Waals surface area contributed by atoms with Gasteiger partial charge in [-0.1, -0.05) is 0 Å². The second kappa shape index (κ2) is 7.14. The van der Waals surface area contributed by atoms with Gasteiger partial charge in [-0.25, -0.2) is 29.0 Å². The Labute approximate surface area is 150 Å². The minimum Gasteiger partial charge on any atom is -0.387 e. The van der Waals surface area contributed by atoms with Crippen LogP contribution < -0.4 is 5.73 Å². The van der Waals surface area contributed by atoms with Gasteiger partial charge in [0.25, 0.3) is 0 Å². The molecule has 17 heteroatoms. The average molecular weight is 426 g/mol. The Morgan fingerprint density at radius 3 is 2.63 bits per heavy atom. The maximum Gasteiger partial charge on any atom is 0.480 e. The molecule has 1 aliphatic heterocycles. The van der Waals surface area contributed by atoms with E-state index in [1.165, 1.54) is 17.2 Å². The number of hydrogen-bond acceptors (Lipinski definition) is 11. The molecule has 0 amide bonds. The number of phosphoric acid groups is 1. The molecule has 0 bridgehead atoms. The first-order chi connectivity index (χ1) is 12.5. The second-order valence-corrected chi connectivity index (χ2v) is 8.46. The molecule has 1 saturated heterocycles. The highest BCUT2D eigenvalue weighted by atomic mass is 31.3. The highest BCUT2D eigenvalue weighted by molar-refractivity contribution is 7.61. The predicted molar refractivity (Wildman–Crippen MR) is 86.6 cm³/mol. The fraction of sp³-hybridized carbons (Fsp3) is 0.500. The van der Waals surface area contributed by atoms with E-state index in [0.717, 1.165) is 0 Å². The average Bonchev–Trinajstić information content (AvgIpc) is 3.07. The number of nitrogens with one attached hydrogen (secondary N) is 1. The Kier molecular flexibility index (Phi) is 5.35. The Hall–Kier alpha value is -1.51. The number of nitrogens with zero attached hydrogens (tertiary/aromatic N) is 4. The van der Waals surface area contributed by atoms with Crippen LogP contribution in [0.15, 0.2) is 12.7 Å². The third-order valence-electron chi connectivity index (χ3n) is 3.62. The van der Waals surface area contributed by atoms with Gasteiger partial charge < -0.3 is 35.4 Å². The number of aliphatic hydroxyl groups excluding tert-OH is 2. The maximum absolute atomic E-state index is 11.6. The zero-order valence-electron chi connectivity index (χ0n) is 13.3. The van der Waals surface area contributed by atoms with Gasteiger partial charge in [-0.15, -0.1) is 0 Å². The lowest BCUT2D eigenvalue weighted by molar-refractivity contribution is -0.0502. The Morgan fingerprint density at radius 2 is 1.96 bits per heavy atom. The van der Waals surface area contributed by atoms with Crippen LogP contribution in [0, 0.1) is 5.16 Å². The number of ether oxygens (including phenoxy) is 1. The van der Waals surface area contributed by atoms with Crippen LogP contribution in [0.1, 0.15) is 6.23 Å². The molecular formula is C10H16N6O9P2. The van der Waals surface area contributed by atoms with Gasteiger partial charge in [0, 0.05) is 0 Å². The Bertz CT molecular complexity index is 933. The number of hydrogen-bond donors (Lipinski definition) is 7. The van der Waals surface area contributed by atoms with Crippen LogP contribution in [0.2, 0.25) is 0 Å². The first-order valence-corrected chi connectivity index (χ1v) is 10.3. The summed E-state index contributed by atoms with van der Waals surface area (Å²) in [6.45, 7) is -0.758. The van der Waals surface area contributed by atoms with Gasteiger partial charge in [-0.2, -0.15) is 0 Å². The molecule has 1 unspecified atom stereocenters. The van der Waals surface area contributed by atoms with E-state index < -0.39 is 46.7 Å². The normalized spacial score (nSPS) is 28.5. The monoisotopic (exact) mass is 426 g/mol. The molecule has 0 radical (unpaired) electrons. The van der Waals surface area contributed by atoms with Gasteiger partial charge in [-0.3, -0.25) is 9.09 Å². The lowest BCUT2D eigenvalue weighted by atomic mass is 10.1. The standard InChI is InChI=1S/C10H16N6O9P2/c11-8-5-9(14-2-13-8)16(3-15-5)10-7(18)6(17)4(24-10)1-23-27(21,22)25-26(12,19)20/h2-4,6-7,10,17-18H,1H2,(H,21,22)(H2,11,13,14)(H3,12,19,20)/t4-,6-,7-,10-/m1/s1. The lowest BCUT2D eigenvalue weighted by Gasteiger charge is -2.18. The number of aromatic nitrogens is 4. The Morgan fingerprint density at radius 1 is 1.26 bits per heavy atom. The first kappa shape index (κ1) is 20.2. The van der Waals surface area contributed by atoms with Crippen molar-refractivity contribution in [1.29, 1.82) is 5.16 Å². The largest absolute Gasteiger partial charge is 0.480 e. The summed E-state index contributed by atoms with van der Waals surface area (Å²) < 4.78 is 26.6. The van der Waals surface area contributed by atoms with Crippen LogP contribution in [-0.4, -0.2) is 69.3 Å². The van der Waals surface area contributed by atoms with E-state index in [1.54, 1.807) is 0 Å². The molecule has 2 aromatic rings. The van der Waals surface area contributed by atoms with Gasteiger partial charge in [0.05, 0.1) is 12.9 Å². The molecule has 5 atom stereocenters. The van der Waals surface area contributed by atoms with E-state index in [9.17, 15) is 19.7 Å². The maximum atomic E-state index is 11.6. The van der Waals surface area contributed by atoms with Gasteiger partial charge in [-0.05, 0) is 0 Å². The summed E-state index contributed by atoms with van der Waals surface area (Å²) in [6.07, 6.45) is -3.05. The zero-order valence-corrected chi connectivity index (χ0v) is 15.1. The zero-order chi connectivity index (χ0) is 20.0. The summed E-state index contributed by atoms with van der Waals surface area (Å²) in [7, 11) is -9.79. The van der Waals surface area contributed by atoms with Crippen molar-refractivity contribution in [2.75, 3.05) is 12.3 Å². The quantitative estimate of drug-likeness (QED) is 0.265. The third kappa shape index (κ3) is 4.33. The molecular weight excluding hydrogens is 410 g/mol. The summed E-state index contributed by atoms with van der Waals surface area (Å²) in [5.74, 6) is 0.0975. The van der Waals surface area contributed by atoms with Crippen molar-refractivity contribution in [3.63, 3.8) is 0 Å². The van der Waals surface area contributed by atoms with Crippen LogP contribution in [0.5, 0.6) is 0 Å². The molecule has 2 aromatic heterocycles. The van der Waals surface area contributed by atoms with Crippen molar-refractivity contribution < 1.29 is 43.0 Å². The topological polar surface area (TPSA) is 239 Å². The second-order valence-electron chi connectivity index (χ2n) is 5.52. The molecule has 3 rings (SSSR count). The minimum atomic E-state index is -5.01. The van der Waals surface area contributed by atoms with Crippen LogP contribution >= 0.6 is 15.6 Å². The summed E-state index contributed by atoms with van der Waals surface area (Å²) in [5, 5.41) is 27.0. The highest BCUT2D eigenvalue weighted by Gasteiger charge is 2.45. The number of rotatable bonds is 6. The van der Waals surface area contributed by atoms with E-state index in [0.29, 0.717) is 0 Å². The molecule has 150 valence electrons. The lowest BCUT2D eigenvalue weighted by Crippen LogP contribution is -2.33. The van der Waals surface area contributed by atoms with Crippen molar-refractivity contribution in [3.8, 4) is 0 Å². The van der Waals surface area contributed by atoms with Crippen molar-refractivity contribution >= 4 is 32.5 Å². The van der Waals surface area contributed by atoms with Crippen molar-refractivity contribution in [1.82, 2.24) is 19.5 Å². The number of imidazole rings is 1. The Balaban J connectivity index is 1.75. The predicted octanol–water partition coefficient (Wildman–Crippen LogP) is -1.33. The first-order valence-electron chi connectivity index (χ1n) is 7.21. The number of phosphoric ester groups is 1. The fourth-order valence-corrected chi connectivity index (χ4v) is 4.16. The molecule has 0 spiro atoms. The molecule has 3 heterocycles. The number of nitrogen functional groups attached to an aromatic ring is 1. The van der Waals surface area contributed by atoms with Gasteiger partial charge in [0.2, 0.25) is 0 Å². The summed E-state index contributed by atoms with van der Waals surface area (Å²) in [6, 6.07) is 0. The number of fused-ring (bicyclic) bond motifs is 1. The van der Waals surface area contributed by atoms with Crippen molar-refractivity contribution in [2.45, 2.75) is 24.5 Å². The summed E-state index contributed by atoms with van der Waals surface area (Å²) in [4.78, 5) is 38.7. The van der Waals surface area contributed by atoms with Gasteiger partial charge >= 0.3 is 15.6 Å². The van der Waals surface area contributed by atoms with E-state index in [4.69, 9.17) is 25.4 Å². The molecule has 1 fully saturated rings. The number of nitrogens with two attached hydrogens (primary N) is 1. The van der Waals surface area contributed by atoms with Crippen LogP contribution in [0.4, 0.5) is 5.82 Å². The smallest absolute Gasteiger partial charge is 0.387 e. The molecule has 15 nitrogen and oxygen atoms in total. The number of aliphatic hydroxyl groups is 2. The molecule has 1 aliphatic rings. The third-order valence-corrected chi connectivity index (χ3v) is 5.83. The van der Waals surface area contributed by atoms with Crippen molar-refractivity contribution in [3.05, 3.63) is 12.7 Å².